The zero-order chi connectivity index (χ0) is 14.7. The van der Waals surface area contributed by atoms with Crippen LogP contribution in [0.1, 0.15) is 12.2 Å². The predicted molar refractivity (Wildman–Crippen MR) is 84.5 cm³/mol. The Hall–Kier alpha value is -2.33. The summed E-state index contributed by atoms with van der Waals surface area (Å²) < 4.78 is 0. The number of H-pyrrole nitrogens is 1. The van der Waals surface area contributed by atoms with Gasteiger partial charge in [0.05, 0.1) is 11.0 Å². The summed E-state index contributed by atoms with van der Waals surface area (Å²) in [5, 5.41) is 3.48. The highest BCUT2D eigenvalue weighted by atomic mass is 35.5. The van der Waals surface area contributed by atoms with Crippen LogP contribution in [-0.2, 0) is 11.2 Å². The van der Waals surface area contributed by atoms with Crippen molar-refractivity contribution in [1.82, 2.24) is 9.97 Å². The Labute approximate surface area is 127 Å². The average molecular weight is 300 g/mol. The van der Waals surface area contributed by atoms with Crippen LogP contribution in [-0.4, -0.2) is 15.9 Å². The van der Waals surface area contributed by atoms with Crippen LogP contribution in [0.5, 0.6) is 0 Å². The molecule has 0 radical (unpaired) electrons. The van der Waals surface area contributed by atoms with E-state index in [4.69, 9.17) is 11.6 Å². The smallest absolute Gasteiger partial charge is 0.224 e. The van der Waals surface area contributed by atoms with E-state index in [1.54, 1.807) is 24.3 Å². The second-order valence-corrected chi connectivity index (χ2v) is 5.19. The second kappa shape index (κ2) is 5.97. The number of carbonyl (C=O) groups excluding carboxylic acids is 1. The highest BCUT2D eigenvalue weighted by molar-refractivity contribution is 6.30. The Morgan fingerprint density at radius 3 is 2.67 bits per heavy atom. The first kappa shape index (κ1) is 13.6. The van der Waals surface area contributed by atoms with E-state index in [0.717, 1.165) is 22.5 Å². The lowest BCUT2D eigenvalue weighted by Gasteiger charge is -2.04. The van der Waals surface area contributed by atoms with E-state index in [9.17, 15) is 4.79 Å². The summed E-state index contributed by atoms with van der Waals surface area (Å²) in [6, 6.07) is 14.9. The van der Waals surface area contributed by atoms with Gasteiger partial charge in [0, 0.05) is 23.6 Å². The third-order valence-electron chi connectivity index (χ3n) is 3.16. The number of aromatic nitrogens is 2. The molecule has 0 aliphatic carbocycles. The average Bonchev–Trinajstić information content (AvgIpc) is 2.90. The number of nitrogens with zero attached hydrogens (tertiary/aromatic N) is 1. The summed E-state index contributed by atoms with van der Waals surface area (Å²) in [6.45, 7) is 0. The van der Waals surface area contributed by atoms with E-state index in [-0.39, 0.29) is 5.91 Å². The number of benzene rings is 2. The van der Waals surface area contributed by atoms with Crippen LogP contribution in [0.4, 0.5) is 5.69 Å². The number of anilines is 1. The van der Waals surface area contributed by atoms with Crippen molar-refractivity contribution in [2.75, 3.05) is 5.32 Å². The van der Waals surface area contributed by atoms with Crippen LogP contribution in [0.15, 0.2) is 48.5 Å². The molecule has 0 aliphatic rings. The van der Waals surface area contributed by atoms with Crippen molar-refractivity contribution in [3.8, 4) is 0 Å². The zero-order valence-corrected chi connectivity index (χ0v) is 12.0. The standard InChI is InChI=1S/C16H14ClN3O/c17-11-5-7-12(8-6-11)18-16(21)10-9-15-19-13-3-1-2-4-14(13)20-15/h1-8H,9-10H2,(H,18,21)(H,19,20). The van der Waals surface area contributed by atoms with E-state index in [2.05, 4.69) is 15.3 Å². The highest BCUT2D eigenvalue weighted by Crippen LogP contribution is 2.14. The molecule has 0 fully saturated rings. The molecule has 4 nitrogen and oxygen atoms in total. The molecule has 0 spiro atoms. The fraction of sp³-hybridized carbons (Fsp3) is 0.125. The number of carbonyl (C=O) groups is 1. The summed E-state index contributed by atoms with van der Waals surface area (Å²) in [7, 11) is 0. The number of aromatic amines is 1. The number of fused-ring (bicyclic) bond motifs is 1. The molecule has 0 unspecified atom stereocenters. The maximum Gasteiger partial charge on any atom is 0.224 e. The van der Waals surface area contributed by atoms with Gasteiger partial charge in [-0.25, -0.2) is 4.98 Å². The van der Waals surface area contributed by atoms with Crippen molar-refractivity contribution in [2.45, 2.75) is 12.8 Å². The van der Waals surface area contributed by atoms with Crippen molar-refractivity contribution in [2.24, 2.45) is 0 Å². The third kappa shape index (κ3) is 3.41. The molecule has 0 bridgehead atoms. The SMILES string of the molecule is O=C(CCc1nc2ccccc2[nH]1)Nc1ccc(Cl)cc1. The minimum atomic E-state index is -0.0437. The first-order valence-corrected chi connectivity index (χ1v) is 7.07. The normalized spacial score (nSPS) is 10.7. The zero-order valence-electron chi connectivity index (χ0n) is 11.3. The maximum absolute atomic E-state index is 11.9. The number of rotatable bonds is 4. The molecule has 2 N–H and O–H groups in total. The van der Waals surface area contributed by atoms with Gasteiger partial charge in [-0.1, -0.05) is 23.7 Å². The summed E-state index contributed by atoms with van der Waals surface area (Å²) in [4.78, 5) is 19.6. The van der Waals surface area contributed by atoms with Gasteiger partial charge < -0.3 is 10.3 Å². The van der Waals surface area contributed by atoms with Gasteiger partial charge >= 0.3 is 0 Å². The molecule has 2 aromatic carbocycles. The Morgan fingerprint density at radius 1 is 1.14 bits per heavy atom. The van der Waals surface area contributed by atoms with Crippen LogP contribution in [0.25, 0.3) is 11.0 Å². The molecule has 1 aromatic heterocycles. The molecule has 3 rings (SSSR count). The molecule has 0 saturated heterocycles. The van der Waals surface area contributed by atoms with Gasteiger partial charge in [-0.3, -0.25) is 4.79 Å². The van der Waals surface area contributed by atoms with E-state index in [1.807, 2.05) is 24.3 Å². The van der Waals surface area contributed by atoms with Crippen molar-refractivity contribution in [3.63, 3.8) is 0 Å². The van der Waals surface area contributed by atoms with Gasteiger partial charge in [-0.15, -0.1) is 0 Å². The lowest BCUT2D eigenvalue weighted by Crippen LogP contribution is -2.12. The Bertz CT molecular complexity index is 732. The van der Waals surface area contributed by atoms with Crippen molar-refractivity contribution in [1.29, 1.82) is 0 Å². The molecular weight excluding hydrogens is 286 g/mol. The fourth-order valence-corrected chi connectivity index (χ4v) is 2.24. The monoisotopic (exact) mass is 299 g/mol. The van der Waals surface area contributed by atoms with Crippen LogP contribution >= 0.6 is 11.6 Å². The number of hydrogen-bond donors (Lipinski definition) is 2. The lowest BCUT2D eigenvalue weighted by molar-refractivity contribution is -0.116. The van der Waals surface area contributed by atoms with E-state index < -0.39 is 0 Å². The largest absolute Gasteiger partial charge is 0.342 e. The number of para-hydroxylation sites is 2. The quantitative estimate of drug-likeness (QED) is 0.770. The number of amides is 1. The molecule has 1 amide bonds. The van der Waals surface area contributed by atoms with E-state index >= 15 is 0 Å². The van der Waals surface area contributed by atoms with Crippen molar-refractivity contribution >= 4 is 34.2 Å². The molecular formula is C16H14ClN3O. The topological polar surface area (TPSA) is 57.8 Å². The molecule has 0 aliphatic heterocycles. The molecule has 106 valence electrons. The third-order valence-corrected chi connectivity index (χ3v) is 3.41. The minimum absolute atomic E-state index is 0.0437. The van der Waals surface area contributed by atoms with Crippen LogP contribution in [0.3, 0.4) is 0 Å². The predicted octanol–water partition coefficient (Wildman–Crippen LogP) is 3.79. The first-order valence-electron chi connectivity index (χ1n) is 6.70. The van der Waals surface area contributed by atoms with E-state index in [0.29, 0.717) is 17.9 Å². The lowest BCUT2D eigenvalue weighted by atomic mass is 10.2. The number of halogens is 1. The van der Waals surface area contributed by atoms with Gasteiger partial charge in [0.2, 0.25) is 5.91 Å². The summed E-state index contributed by atoms with van der Waals surface area (Å²) in [6.07, 6.45) is 0.955. The summed E-state index contributed by atoms with van der Waals surface area (Å²) in [5.74, 6) is 0.778. The number of hydrogen-bond acceptors (Lipinski definition) is 2. The summed E-state index contributed by atoms with van der Waals surface area (Å²) in [5.41, 5.74) is 2.66. The summed E-state index contributed by atoms with van der Waals surface area (Å²) >= 11 is 5.80. The highest BCUT2D eigenvalue weighted by Gasteiger charge is 2.06. The Kier molecular flexibility index (Phi) is 3.88. The first-order chi connectivity index (χ1) is 10.2. The van der Waals surface area contributed by atoms with Gasteiger partial charge in [0.1, 0.15) is 5.82 Å². The number of aryl methyl sites for hydroxylation is 1. The molecule has 21 heavy (non-hydrogen) atoms. The molecule has 1 heterocycles. The number of imidazole rings is 1. The van der Waals surface area contributed by atoms with Gasteiger partial charge in [-0.05, 0) is 36.4 Å². The molecule has 0 atom stereocenters. The fourth-order valence-electron chi connectivity index (χ4n) is 2.11. The molecule has 3 aromatic rings. The van der Waals surface area contributed by atoms with Gasteiger partial charge in [0.15, 0.2) is 0 Å². The minimum Gasteiger partial charge on any atom is -0.342 e. The molecule has 0 saturated carbocycles. The van der Waals surface area contributed by atoms with Crippen LogP contribution < -0.4 is 5.32 Å². The Balaban J connectivity index is 1.59. The maximum atomic E-state index is 11.9. The Morgan fingerprint density at radius 2 is 1.90 bits per heavy atom. The van der Waals surface area contributed by atoms with Crippen molar-refractivity contribution in [3.05, 3.63) is 59.4 Å². The second-order valence-electron chi connectivity index (χ2n) is 4.76. The van der Waals surface area contributed by atoms with Gasteiger partial charge in [0.25, 0.3) is 0 Å². The van der Waals surface area contributed by atoms with Crippen LogP contribution in [0, 0.1) is 0 Å². The van der Waals surface area contributed by atoms with Crippen LogP contribution in [0.2, 0.25) is 5.02 Å². The van der Waals surface area contributed by atoms with Crippen molar-refractivity contribution < 1.29 is 4.79 Å². The van der Waals surface area contributed by atoms with Gasteiger partial charge in [-0.2, -0.15) is 0 Å². The van der Waals surface area contributed by atoms with E-state index in [1.165, 1.54) is 0 Å². The number of nitrogens with one attached hydrogen (secondary N) is 2. The molecule has 5 heteroatoms.